The molecule has 3 fully saturated rings. The molecule has 1 heterocycles. The molecule has 2 aliphatic carbocycles. The third kappa shape index (κ3) is 8.32. The summed E-state index contributed by atoms with van der Waals surface area (Å²) in [7, 11) is 0. The van der Waals surface area contributed by atoms with E-state index in [0.29, 0.717) is 6.10 Å². The van der Waals surface area contributed by atoms with Crippen LogP contribution in [0.4, 0.5) is 0 Å². The van der Waals surface area contributed by atoms with E-state index in [-0.39, 0.29) is 0 Å². The molecule has 0 bridgehead atoms. The summed E-state index contributed by atoms with van der Waals surface area (Å²) >= 11 is 0. The van der Waals surface area contributed by atoms with Crippen molar-refractivity contribution < 1.29 is 4.74 Å². The number of ether oxygens (including phenoxy) is 1. The van der Waals surface area contributed by atoms with Crippen LogP contribution in [-0.4, -0.2) is 48.7 Å². The molecule has 168 valence electrons. The lowest BCUT2D eigenvalue weighted by atomic mass is 10.0. The number of nitrogens with zero attached hydrogens (tertiary/aromatic N) is 2. The van der Waals surface area contributed by atoms with Gasteiger partial charge < -0.3 is 4.74 Å². The fourth-order valence-electron chi connectivity index (χ4n) is 4.82. The molecule has 2 atom stereocenters. The van der Waals surface area contributed by atoms with Gasteiger partial charge >= 0.3 is 0 Å². The average Bonchev–Trinajstić information content (AvgIpc) is 3.55. The predicted molar refractivity (Wildman–Crippen MR) is 125 cm³/mol. The molecule has 1 aliphatic heterocycles. The Morgan fingerprint density at radius 2 is 1.57 bits per heavy atom. The van der Waals surface area contributed by atoms with Gasteiger partial charge in [-0.15, -0.1) is 0 Å². The number of hydrogen-bond donors (Lipinski definition) is 0. The summed E-state index contributed by atoms with van der Waals surface area (Å²) in [5.41, 5.74) is 2.99. The van der Waals surface area contributed by atoms with Crippen molar-refractivity contribution in [1.82, 2.24) is 9.80 Å². The van der Waals surface area contributed by atoms with Gasteiger partial charge in [-0.25, -0.2) is 0 Å². The smallest absolute Gasteiger partial charge is 0.0936 e. The van der Waals surface area contributed by atoms with Crippen LogP contribution in [0.2, 0.25) is 0 Å². The first kappa shape index (κ1) is 22.3. The molecule has 3 heteroatoms. The van der Waals surface area contributed by atoms with Crippen LogP contribution in [0, 0.1) is 17.8 Å². The molecule has 0 N–H and O–H groups in total. The maximum Gasteiger partial charge on any atom is 0.0936 e. The number of rotatable bonds is 16. The Labute approximate surface area is 185 Å². The highest BCUT2D eigenvalue weighted by Gasteiger charge is 2.29. The van der Waals surface area contributed by atoms with Crippen LogP contribution in [0.1, 0.15) is 76.3 Å². The highest BCUT2D eigenvalue weighted by Crippen LogP contribution is 2.34. The molecule has 3 aliphatic rings. The summed E-state index contributed by atoms with van der Waals surface area (Å²) in [6.07, 6.45) is 11.7. The van der Waals surface area contributed by atoms with Crippen molar-refractivity contribution in [2.75, 3.05) is 32.8 Å². The van der Waals surface area contributed by atoms with Crippen LogP contribution in [-0.2, 0) is 17.8 Å². The third-order valence-electron chi connectivity index (χ3n) is 6.96. The number of epoxide rings is 1. The van der Waals surface area contributed by atoms with Gasteiger partial charge in [-0.3, -0.25) is 9.80 Å². The maximum atomic E-state index is 5.57. The molecule has 0 aromatic heterocycles. The number of unbranched alkanes of at least 4 members (excludes halogenated alkanes) is 2. The summed E-state index contributed by atoms with van der Waals surface area (Å²) in [6.45, 7) is 12.8. The van der Waals surface area contributed by atoms with Crippen LogP contribution in [0.15, 0.2) is 24.3 Å². The van der Waals surface area contributed by atoms with Crippen molar-refractivity contribution >= 4 is 0 Å². The van der Waals surface area contributed by atoms with E-state index in [1.165, 1.54) is 82.1 Å². The largest absolute Gasteiger partial charge is 0.372 e. The van der Waals surface area contributed by atoms with Crippen molar-refractivity contribution in [2.24, 2.45) is 17.8 Å². The Hall–Kier alpha value is -0.900. The fourth-order valence-corrected chi connectivity index (χ4v) is 4.82. The lowest BCUT2D eigenvalue weighted by Crippen LogP contribution is -2.32. The SMILES string of the molecule is CCCCCC(C)CN(Cc1cccc(CN(CC2CC2)CC2CC2)c1)CC1CO1. The first-order valence-electron chi connectivity index (χ1n) is 12.8. The zero-order chi connectivity index (χ0) is 20.8. The minimum absolute atomic E-state index is 0.476. The fraction of sp³-hybridized carbons (Fsp3) is 0.778. The summed E-state index contributed by atoms with van der Waals surface area (Å²) in [5.74, 6) is 2.73. The van der Waals surface area contributed by atoms with Crippen LogP contribution in [0.3, 0.4) is 0 Å². The second-order valence-electron chi connectivity index (χ2n) is 10.7. The van der Waals surface area contributed by atoms with Gasteiger partial charge in [-0.1, -0.05) is 57.4 Å². The number of hydrogen-bond acceptors (Lipinski definition) is 3. The zero-order valence-corrected chi connectivity index (χ0v) is 19.5. The van der Waals surface area contributed by atoms with E-state index in [1.807, 2.05) is 0 Å². The molecule has 4 rings (SSSR count). The molecule has 30 heavy (non-hydrogen) atoms. The molecule has 2 saturated carbocycles. The van der Waals surface area contributed by atoms with E-state index in [2.05, 4.69) is 47.9 Å². The van der Waals surface area contributed by atoms with Gasteiger partial charge in [0.1, 0.15) is 0 Å². The topological polar surface area (TPSA) is 19.0 Å². The van der Waals surface area contributed by atoms with Crippen LogP contribution >= 0.6 is 0 Å². The van der Waals surface area contributed by atoms with Gasteiger partial charge in [-0.05, 0) is 61.0 Å². The molecular formula is C27H44N2O. The monoisotopic (exact) mass is 412 g/mol. The van der Waals surface area contributed by atoms with Crippen molar-refractivity contribution in [3.8, 4) is 0 Å². The second kappa shape index (κ2) is 11.1. The average molecular weight is 413 g/mol. The first-order chi connectivity index (χ1) is 14.7. The van der Waals surface area contributed by atoms with Crippen molar-refractivity contribution in [2.45, 2.75) is 84.4 Å². The molecule has 0 spiro atoms. The van der Waals surface area contributed by atoms with E-state index >= 15 is 0 Å². The van der Waals surface area contributed by atoms with E-state index < -0.39 is 0 Å². The summed E-state index contributed by atoms with van der Waals surface area (Å²) in [6, 6.07) is 9.44. The maximum absolute atomic E-state index is 5.57. The molecule has 0 amide bonds. The van der Waals surface area contributed by atoms with Gasteiger partial charge in [-0.2, -0.15) is 0 Å². The van der Waals surface area contributed by atoms with E-state index in [9.17, 15) is 0 Å². The van der Waals surface area contributed by atoms with Gasteiger partial charge in [0.25, 0.3) is 0 Å². The Balaban J connectivity index is 1.31. The Morgan fingerprint density at radius 3 is 2.13 bits per heavy atom. The Morgan fingerprint density at radius 1 is 0.933 bits per heavy atom. The molecule has 1 aromatic rings. The van der Waals surface area contributed by atoms with Gasteiger partial charge in [0.2, 0.25) is 0 Å². The highest BCUT2D eigenvalue weighted by molar-refractivity contribution is 5.23. The molecular weight excluding hydrogens is 368 g/mol. The molecule has 1 saturated heterocycles. The minimum Gasteiger partial charge on any atom is -0.372 e. The van der Waals surface area contributed by atoms with Crippen molar-refractivity contribution in [1.29, 1.82) is 0 Å². The molecule has 3 nitrogen and oxygen atoms in total. The standard InChI is InChI=1S/C27H44N2O/c1-3-4-5-7-22(2)15-28(20-27-21-30-27)18-25-8-6-9-26(14-25)19-29(16-23-10-11-23)17-24-12-13-24/h6,8-9,14,22-24,27H,3-5,7,10-13,15-21H2,1-2H3. The van der Waals surface area contributed by atoms with Crippen molar-refractivity contribution in [3.63, 3.8) is 0 Å². The molecule has 0 radical (unpaired) electrons. The normalized spacial score (nSPS) is 22.1. The zero-order valence-electron chi connectivity index (χ0n) is 19.5. The molecule has 1 aromatic carbocycles. The van der Waals surface area contributed by atoms with E-state index in [4.69, 9.17) is 4.74 Å². The van der Waals surface area contributed by atoms with Crippen LogP contribution in [0.5, 0.6) is 0 Å². The summed E-state index contributed by atoms with van der Waals surface area (Å²) in [5, 5.41) is 0. The highest BCUT2D eigenvalue weighted by atomic mass is 16.6. The number of benzene rings is 1. The Kier molecular flexibility index (Phi) is 8.26. The van der Waals surface area contributed by atoms with Gasteiger partial charge in [0.05, 0.1) is 12.7 Å². The van der Waals surface area contributed by atoms with Crippen LogP contribution in [0.25, 0.3) is 0 Å². The lowest BCUT2D eigenvalue weighted by Gasteiger charge is -2.26. The van der Waals surface area contributed by atoms with Gasteiger partial charge in [0, 0.05) is 39.3 Å². The summed E-state index contributed by atoms with van der Waals surface area (Å²) in [4.78, 5) is 5.40. The van der Waals surface area contributed by atoms with Crippen molar-refractivity contribution in [3.05, 3.63) is 35.4 Å². The third-order valence-corrected chi connectivity index (χ3v) is 6.96. The van der Waals surface area contributed by atoms with E-state index in [1.54, 1.807) is 0 Å². The quantitative estimate of drug-likeness (QED) is 0.255. The molecule has 2 unspecified atom stereocenters. The first-order valence-corrected chi connectivity index (χ1v) is 12.8. The predicted octanol–water partition coefficient (Wildman–Crippen LogP) is 5.73. The van der Waals surface area contributed by atoms with Gasteiger partial charge in [0.15, 0.2) is 0 Å². The van der Waals surface area contributed by atoms with E-state index in [0.717, 1.165) is 44.0 Å². The second-order valence-corrected chi connectivity index (χ2v) is 10.7. The minimum atomic E-state index is 0.476. The Bertz CT molecular complexity index is 622. The van der Waals surface area contributed by atoms with Crippen LogP contribution < -0.4 is 0 Å². The lowest BCUT2D eigenvalue weighted by molar-refractivity contribution is 0.201. The summed E-state index contributed by atoms with van der Waals surface area (Å²) < 4.78 is 5.57.